The standard InChI is InChI=1S/C20H21BrN2O2S/c21-16-6-4-14(5-7-16)17-8-9-18(26-17)20(25)23-12-10-22(11-13-23)19(24)15-2-1-3-15/h4-9,15H,1-3,10-13H2. The van der Waals surface area contributed by atoms with Gasteiger partial charge in [-0.1, -0.05) is 34.5 Å². The third-order valence-electron chi connectivity index (χ3n) is 5.28. The number of nitrogens with zero attached hydrogens (tertiary/aromatic N) is 2. The first kappa shape index (κ1) is 17.7. The van der Waals surface area contributed by atoms with Crippen molar-refractivity contribution in [1.29, 1.82) is 0 Å². The van der Waals surface area contributed by atoms with Crippen molar-refractivity contribution in [2.24, 2.45) is 5.92 Å². The van der Waals surface area contributed by atoms with Crippen molar-refractivity contribution in [2.75, 3.05) is 26.2 Å². The SMILES string of the molecule is O=C(c1ccc(-c2ccc(Br)cc2)s1)N1CCN(C(=O)C2CCC2)CC1. The summed E-state index contributed by atoms with van der Waals surface area (Å²) in [6.07, 6.45) is 3.24. The molecular formula is C20H21BrN2O2S. The van der Waals surface area contributed by atoms with Crippen LogP contribution in [0.1, 0.15) is 28.9 Å². The van der Waals surface area contributed by atoms with E-state index in [-0.39, 0.29) is 17.7 Å². The molecule has 1 aliphatic carbocycles. The zero-order valence-corrected chi connectivity index (χ0v) is 16.9. The number of thiophene rings is 1. The number of benzene rings is 1. The van der Waals surface area contributed by atoms with Crippen LogP contribution in [0.2, 0.25) is 0 Å². The molecule has 2 heterocycles. The fraction of sp³-hybridized carbons (Fsp3) is 0.400. The summed E-state index contributed by atoms with van der Waals surface area (Å²) < 4.78 is 1.04. The lowest BCUT2D eigenvalue weighted by Gasteiger charge is -2.38. The van der Waals surface area contributed by atoms with Crippen LogP contribution >= 0.6 is 27.3 Å². The van der Waals surface area contributed by atoms with Crippen molar-refractivity contribution in [3.05, 3.63) is 45.7 Å². The Morgan fingerprint density at radius 3 is 2.19 bits per heavy atom. The minimum absolute atomic E-state index is 0.0779. The van der Waals surface area contributed by atoms with E-state index in [1.807, 2.05) is 34.1 Å². The van der Waals surface area contributed by atoms with E-state index in [1.54, 1.807) is 0 Å². The summed E-state index contributed by atoms with van der Waals surface area (Å²) in [6.45, 7) is 2.57. The van der Waals surface area contributed by atoms with Crippen LogP contribution in [0.4, 0.5) is 0 Å². The fourth-order valence-electron chi connectivity index (χ4n) is 3.42. The number of hydrogen-bond acceptors (Lipinski definition) is 3. The highest BCUT2D eigenvalue weighted by Gasteiger charge is 2.32. The van der Waals surface area contributed by atoms with E-state index in [4.69, 9.17) is 0 Å². The molecule has 6 heteroatoms. The highest BCUT2D eigenvalue weighted by Crippen LogP contribution is 2.31. The molecule has 0 bridgehead atoms. The number of halogens is 1. The first-order chi connectivity index (χ1) is 12.6. The molecule has 2 amide bonds. The second-order valence-electron chi connectivity index (χ2n) is 6.92. The second-order valence-corrected chi connectivity index (χ2v) is 8.92. The van der Waals surface area contributed by atoms with Gasteiger partial charge in [0.15, 0.2) is 0 Å². The van der Waals surface area contributed by atoms with E-state index >= 15 is 0 Å². The molecule has 4 rings (SSSR count). The zero-order valence-electron chi connectivity index (χ0n) is 14.5. The van der Waals surface area contributed by atoms with Crippen LogP contribution in [0, 0.1) is 5.92 Å². The molecule has 4 nitrogen and oxygen atoms in total. The summed E-state index contributed by atoms with van der Waals surface area (Å²) in [5.41, 5.74) is 1.12. The summed E-state index contributed by atoms with van der Waals surface area (Å²) in [7, 11) is 0. The average molecular weight is 433 g/mol. The summed E-state index contributed by atoms with van der Waals surface area (Å²) >= 11 is 4.98. The van der Waals surface area contributed by atoms with Crippen LogP contribution in [0.3, 0.4) is 0 Å². The van der Waals surface area contributed by atoms with Gasteiger partial charge in [-0.3, -0.25) is 9.59 Å². The second kappa shape index (κ2) is 7.53. The Balaban J connectivity index is 1.38. The number of carbonyl (C=O) groups is 2. The van der Waals surface area contributed by atoms with E-state index < -0.39 is 0 Å². The van der Waals surface area contributed by atoms with Crippen LogP contribution in [0.25, 0.3) is 10.4 Å². The van der Waals surface area contributed by atoms with Gasteiger partial charge in [0.05, 0.1) is 4.88 Å². The summed E-state index contributed by atoms with van der Waals surface area (Å²) in [5, 5.41) is 0. The van der Waals surface area contributed by atoms with E-state index in [0.717, 1.165) is 32.6 Å². The third kappa shape index (κ3) is 3.58. The molecule has 26 heavy (non-hydrogen) atoms. The van der Waals surface area contributed by atoms with Gasteiger partial charge in [-0.05, 0) is 42.7 Å². The normalized spacial score (nSPS) is 17.9. The first-order valence-corrected chi connectivity index (χ1v) is 10.7. The molecule has 136 valence electrons. The Morgan fingerprint density at radius 1 is 0.923 bits per heavy atom. The molecule has 2 aliphatic rings. The summed E-state index contributed by atoms with van der Waals surface area (Å²) in [6, 6.07) is 12.0. The maximum absolute atomic E-state index is 12.8. The lowest BCUT2D eigenvalue weighted by atomic mass is 9.84. The number of amides is 2. The monoisotopic (exact) mass is 432 g/mol. The van der Waals surface area contributed by atoms with Gasteiger partial charge in [0, 0.05) is 41.4 Å². The van der Waals surface area contributed by atoms with Gasteiger partial charge in [-0.2, -0.15) is 0 Å². The predicted molar refractivity (Wildman–Crippen MR) is 107 cm³/mol. The Hall–Kier alpha value is -1.66. The molecule has 0 unspecified atom stereocenters. The van der Waals surface area contributed by atoms with Crippen molar-refractivity contribution in [2.45, 2.75) is 19.3 Å². The molecule has 1 aliphatic heterocycles. The Morgan fingerprint density at radius 2 is 1.58 bits per heavy atom. The Bertz CT molecular complexity index is 805. The minimum atomic E-state index is 0.0779. The van der Waals surface area contributed by atoms with E-state index in [2.05, 4.69) is 28.1 Å². The van der Waals surface area contributed by atoms with Gasteiger partial charge in [0.25, 0.3) is 5.91 Å². The number of rotatable bonds is 3. The van der Waals surface area contributed by atoms with Crippen LogP contribution in [-0.2, 0) is 4.79 Å². The van der Waals surface area contributed by atoms with Crippen LogP contribution in [0.5, 0.6) is 0 Å². The molecule has 1 saturated heterocycles. The van der Waals surface area contributed by atoms with Crippen molar-refractivity contribution < 1.29 is 9.59 Å². The lowest BCUT2D eigenvalue weighted by molar-refractivity contribution is -0.139. The van der Waals surface area contributed by atoms with Crippen molar-refractivity contribution >= 4 is 39.1 Å². The van der Waals surface area contributed by atoms with E-state index in [1.165, 1.54) is 17.8 Å². The van der Waals surface area contributed by atoms with Crippen molar-refractivity contribution in [1.82, 2.24) is 9.80 Å². The fourth-order valence-corrected chi connectivity index (χ4v) is 4.67. The average Bonchev–Trinajstić information content (AvgIpc) is 3.10. The van der Waals surface area contributed by atoms with Gasteiger partial charge in [0.1, 0.15) is 0 Å². The molecule has 2 fully saturated rings. The molecule has 1 aromatic carbocycles. The summed E-state index contributed by atoms with van der Waals surface area (Å²) in [4.78, 5) is 30.8. The quantitative estimate of drug-likeness (QED) is 0.726. The topological polar surface area (TPSA) is 40.6 Å². The van der Waals surface area contributed by atoms with E-state index in [0.29, 0.717) is 26.2 Å². The molecular weight excluding hydrogens is 412 g/mol. The van der Waals surface area contributed by atoms with Gasteiger partial charge >= 0.3 is 0 Å². The molecule has 0 atom stereocenters. The third-order valence-corrected chi connectivity index (χ3v) is 6.93. The maximum atomic E-state index is 12.8. The summed E-state index contributed by atoms with van der Waals surface area (Å²) in [5.74, 6) is 0.606. The minimum Gasteiger partial charge on any atom is -0.339 e. The van der Waals surface area contributed by atoms with Gasteiger partial charge in [-0.25, -0.2) is 0 Å². The van der Waals surface area contributed by atoms with Crippen molar-refractivity contribution in [3.63, 3.8) is 0 Å². The van der Waals surface area contributed by atoms with Crippen LogP contribution < -0.4 is 0 Å². The largest absolute Gasteiger partial charge is 0.339 e. The first-order valence-electron chi connectivity index (χ1n) is 9.05. The number of carbonyl (C=O) groups excluding carboxylic acids is 2. The number of hydrogen-bond donors (Lipinski definition) is 0. The molecule has 0 radical (unpaired) electrons. The lowest BCUT2D eigenvalue weighted by Crippen LogP contribution is -2.52. The van der Waals surface area contributed by atoms with Crippen LogP contribution in [0.15, 0.2) is 40.9 Å². The predicted octanol–water partition coefficient (Wildman–Crippen LogP) is 4.26. The molecule has 2 aromatic rings. The van der Waals surface area contributed by atoms with Crippen molar-refractivity contribution in [3.8, 4) is 10.4 Å². The molecule has 1 saturated carbocycles. The highest BCUT2D eigenvalue weighted by atomic mass is 79.9. The van der Waals surface area contributed by atoms with Gasteiger partial charge in [-0.15, -0.1) is 11.3 Å². The Labute approximate surface area is 165 Å². The maximum Gasteiger partial charge on any atom is 0.264 e. The van der Waals surface area contributed by atoms with Gasteiger partial charge in [0.2, 0.25) is 5.91 Å². The zero-order chi connectivity index (χ0) is 18.1. The smallest absolute Gasteiger partial charge is 0.264 e. The molecule has 0 spiro atoms. The Kier molecular flexibility index (Phi) is 5.14. The highest BCUT2D eigenvalue weighted by molar-refractivity contribution is 9.10. The van der Waals surface area contributed by atoms with Gasteiger partial charge < -0.3 is 9.80 Å². The number of piperazine rings is 1. The van der Waals surface area contributed by atoms with Crippen LogP contribution in [-0.4, -0.2) is 47.8 Å². The molecule has 1 aromatic heterocycles. The van der Waals surface area contributed by atoms with E-state index in [9.17, 15) is 9.59 Å². The molecule has 0 N–H and O–H groups in total.